The predicted octanol–water partition coefficient (Wildman–Crippen LogP) is 4.26. The zero-order valence-corrected chi connectivity index (χ0v) is 23.8. The first-order valence-electron chi connectivity index (χ1n) is 14.2. The van der Waals surface area contributed by atoms with Gasteiger partial charge in [0.15, 0.2) is 16.1 Å². The fourth-order valence-corrected chi connectivity index (χ4v) is 7.53. The van der Waals surface area contributed by atoms with Crippen LogP contribution in [0.25, 0.3) is 0 Å². The first-order chi connectivity index (χ1) is 19.3. The minimum Gasteiger partial charge on any atom is -0.457 e. The molecule has 0 bridgehead atoms. The molecule has 1 aliphatic carbocycles. The second-order valence-corrected chi connectivity index (χ2v) is 13.3. The van der Waals surface area contributed by atoms with Gasteiger partial charge >= 0.3 is 0 Å². The molecule has 216 valence electrons. The Balaban J connectivity index is 1.38. The third-order valence-corrected chi connectivity index (χ3v) is 10.6. The lowest BCUT2D eigenvalue weighted by Crippen LogP contribution is -2.43. The summed E-state index contributed by atoms with van der Waals surface area (Å²) in [5, 5.41) is 0. The van der Waals surface area contributed by atoms with E-state index in [2.05, 4.69) is 12.4 Å². The maximum absolute atomic E-state index is 13.9. The molecule has 2 aromatic carbocycles. The number of carbonyl (C=O) groups is 2. The number of rotatable bonds is 9. The van der Waals surface area contributed by atoms with Crippen LogP contribution in [0.4, 0.5) is 0 Å². The van der Waals surface area contributed by atoms with E-state index in [0.29, 0.717) is 30.1 Å². The highest BCUT2D eigenvalue weighted by Gasteiger charge is 2.49. The van der Waals surface area contributed by atoms with Crippen LogP contribution in [0, 0.1) is 5.92 Å². The fourth-order valence-electron chi connectivity index (χ4n) is 5.43. The van der Waals surface area contributed by atoms with Gasteiger partial charge in [0, 0.05) is 32.0 Å². The summed E-state index contributed by atoms with van der Waals surface area (Å²) in [4.78, 5) is 33.1. The lowest BCUT2D eigenvalue weighted by Gasteiger charge is -2.32. The number of nitrogens with one attached hydrogen (secondary N) is 1. The van der Waals surface area contributed by atoms with Gasteiger partial charge in [-0.1, -0.05) is 31.2 Å². The van der Waals surface area contributed by atoms with E-state index in [9.17, 15) is 18.0 Å². The van der Waals surface area contributed by atoms with E-state index in [1.54, 1.807) is 29.2 Å². The molecule has 2 unspecified atom stereocenters. The van der Waals surface area contributed by atoms with E-state index in [1.165, 1.54) is 5.56 Å². The maximum Gasteiger partial charge on any atom is 0.245 e. The van der Waals surface area contributed by atoms with Crippen LogP contribution >= 0.6 is 0 Å². The summed E-state index contributed by atoms with van der Waals surface area (Å²) in [6.07, 6.45) is 4.39. The highest BCUT2D eigenvalue weighted by Crippen LogP contribution is 2.42. The summed E-state index contributed by atoms with van der Waals surface area (Å²) in [7, 11) is -3.85. The summed E-state index contributed by atoms with van der Waals surface area (Å²) in [5.74, 6) is 0.472. The number of hydrogen-bond donors (Lipinski definition) is 1. The summed E-state index contributed by atoms with van der Waals surface area (Å²) in [6, 6.07) is 14.7. The van der Waals surface area contributed by atoms with Gasteiger partial charge in [-0.3, -0.25) is 9.59 Å². The van der Waals surface area contributed by atoms with E-state index in [-0.39, 0.29) is 43.5 Å². The van der Waals surface area contributed by atoms with Gasteiger partial charge < -0.3 is 14.4 Å². The van der Waals surface area contributed by atoms with E-state index in [0.717, 1.165) is 32.1 Å². The Morgan fingerprint density at radius 2 is 1.70 bits per heavy atom. The van der Waals surface area contributed by atoms with Crippen LogP contribution in [-0.4, -0.2) is 56.9 Å². The van der Waals surface area contributed by atoms with Crippen molar-refractivity contribution in [1.29, 1.82) is 0 Å². The second-order valence-electron chi connectivity index (χ2n) is 10.9. The molecule has 2 aliphatic heterocycles. The molecule has 2 saturated heterocycles. The standard InChI is InChI=1S/C30H38N2O7S/c1-2-22-6-12-25(13-7-22)38-26-14-10-24(11-15-26)30(21-27(33)31-39-28-5-3-4-19-37-28)16-17-32(18-20-40(30,35)36)29(34)23-8-9-23/h6-7,10-15,23,28H,2-5,8-9,16-21H2,1H3,(H,31,33). The monoisotopic (exact) mass is 570 g/mol. The average Bonchev–Trinajstić information content (AvgIpc) is 3.83. The van der Waals surface area contributed by atoms with Gasteiger partial charge in [0.2, 0.25) is 11.8 Å². The number of hydrogen-bond acceptors (Lipinski definition) is 7. The van der Waals surface area contributed by atoms with Crippen molar-refractivity contribution < 1.29 is 32.3 Å². The molecule has 5 rings (SSSR count). The summed E-state index contributed by atoms with van der Waals surface area (Å²) >= 11 is 0. The number of nitrogens with zero attached hydrogens (tertiary/aromatic N) is 1. The number of benzene rings is 2. The Kier molecular flexibility index (Phi) is 8.77. The van der Waals surface area contributed by atoms with Crippen LogP contribution in [0.2, 0.25) is 0 Å². The molecule has 2 aromatic rings. The Morgan fingerprint density at radius 1 is 1.00 bits per heavy atom. The minimum absolute atomic E-state index is 0.00562. The molecule has 9 nitrogen and oxygen atoms in total. The Morgan fingerprint density at radius 3 is 2.33 bits per heavy atom. The van der Waals surface area contributed by atoms with Gasteiger partial charge in [0.1, 0.15) is 16.2 Å². The summed E-state index contributed by atoms with van der Waals surface area (Å²) in [6.45, 7) is 3.03. The van der Waals surface area contributed by atoms with Crippen LogP contribution in [0.5, 0.6) is 11.5 Å². The molecule has 0 radical (unpaired) electrons. The quantitative estimate of drug-likeness (QED) is 0.449. The SMILES string of the molecule is CCc1ccc(Oc2ccc(C3(CC(=O)NOC4CCCCO4)CCN(C(=O)C4CC4)CCS3(=O)=O)cc2)cc1. The summed E-state index contributed by atoms with van der Waals surface area (Å²) < 4.78 is 37.9. The lowest BCUT2D eigenvalue weighted by molar-refractivity contribution is -0.200. The Bertz CT molecular complexity index is 1290. The first kappa shape index (κ1) is 28.6. The molecule has 40 heavy (non-hydrogen) atoms. The molecular formula is C30H38N2O7S. The second kappa shape index (κ2) is 12.3. The van der Waals surface area contributed by atoms with Crippen molar-refractivity contribution in [2.24, 2.45) is 5.92 Å². The van der Waals surface area contributed by atoms with Crippen LogP contribution in [0.3, 0.4) is 0 Å². The number of sulfone groups is 1. The van der Waals surface area contributed by atoms with Crippen LogP contribution in [-0.2, 0) is 40.2 Å². The number of amides is 2. The normalized spacial score (nSPS) is 24.6. The number of hydroxylamine groups is 1. The average molecular weight is 571 g/mol. The largest absolute Gasteiger partial charge is 0.457 e. The van der Waals surface area contributed by atoms with Crippen LogP contribution in [0.15, 0.2) is 48.5 Å². The molecule has 1 N–H and O–H groups in total. The zero-order chi connectivity index (χ0) is 28.2. The van der Waals surface area contributed by atoms with Crippen molar-refractivity contribution >= 4 is 21.7 Å². The first-order valence-corrected chi connectivity index (χ1v) is 15.9. The van der Waals surface area contributed by atoms with E-state index in [4.69, 9.17) is 14.3 Å². The third kappa shape index (κ3) is 6.50. The fraction of sp³-hybridized carbons (Fsp3) is 0.533. The molecule has 2 heterocycles. The molecule has 2 amide bonds. The maximum atomic E-state index is 13.9. The van der Waals surface area contributed by atoms with E-state index >= 15 is 0 Å². The predicted molar refractivity (Wildman–Crippen MR) is 149 cm³/mol. The van der Waals surface area contributed by atoms with Gasteiger partial charge in [0.05, 0.1) is 12.2 Å². The van der Waals surface area contributed by atoms with Crippen molar-refractivity contribution in [2.45, 2.75) is 69.3 Å². The van der Waals surface area contributed by atoms with Crippen molar-refractivity contribution in [3.63, 3.8) is 0 Å². The molecule has 10 heteroatoms. The van der Waals surface area contributed by atoms with Crippen molar-refractivity contribution in [2.75, 3.05) is 25.4 Å². The van der Waals surface area contributed by atoms with E-state index < -0.39 is 26.8 Å². The number of carbonyl (C=O) groups excluding carboxylic acids is 2. The molecule has 3 fully saturated rings. The highest BCUT2D eigenvalue weighted by atomic mass is 32.2. The van der Waals surface area contributed by atoms with Gasteiger partial charge in [0.25, 0.3) is 0 Å². The molecule has 2 atom stereocenters. The minimum atomic E-state index is -3.85. The van der Waals surface area contributed by atoms with Crippen molar-refractivity contribution in [1.82, 2.24) is 10.4 Å². The summed E-state index contributed by atoms with van der Waals surface area (Å²) in [5.41, 5.74) is 4.13. The Labute approximate surface area is 236 Å². The van der Waals surface area contributed by atoms with Crippen molar-refractivity contribution in [3.8, 4) is 11.5 Å². The molecule has 0 spiro atoms. The molecule has 1 saturated carbocycles. The van der Waals surface area contributed by atoms with Crippen LogP contribution < -0.4 is 10.2 Å². The zero-order valence-electron chi connectivity index (χ0n) is 23.0. The molecule has 0 aromatic heterocycles. The van der Waals surface area contributed by atoms with Crippen molar-refractivity contribution in [3.05, 3.63) is 59.7 Å². The number of aryl methyl sites for hydroxylation is 1. The van der Waals surface area contributed by atoms with E-state index in [1.807, 2.05) is 24.3 Å². The third-order valence-electron chi connectivity index (χ3n) is 8.09. The molecular weight excluding hydrogens is 532 g/mol. The van der Waals surface area contributed by atoms with Crippen LogP contribution in [0.1, 0.15) is 63.0 Å². The highest BCUT2D eigenvalue weighted by molar-refractivity contribution is 7.92. The van der Waals surface area contributed by atoms with Gasteiger partial charge in [-0.05, 0) is 73.9 Å². The number of ether oxygens (including phenoxy) is 2. The van der Waals surface area contributed by atoms with Gasteiger partial charge in [-0.2, -0.15) is 0 Å². The molecule has 3 aliphatic rings. The lowest BCUT2D eigenvalue weighted by atomic mass is 9.90. The topological polar surface area (TPSA) is 111 Å². The van der Waals surface area contributed by atoms with Gasteiger partial charge in [-0.25, -0.2) is 18.7 Å². The Hall–Kier alpha value is -2.95. The van der Waals surface area contributed by atoms with Gasteiger partial charge in [-0.15, -0.1) is 0 Å². The smallest absolute Gasteiger partial charge is 0.245 e.